The average Bonchev–Trinajstić information content (AvgIpc) is 2.71. The van der Waals surface area contributed by atoms with Gasteiger partial charge in [0.25, 0.3) is 0 Å². The molecule has 0 aromatic carbocycles. The summed E-state index contributed by atoms with van der Waals surface area (Å²) in [4.78, 5) is 0.0818. The molecule has 0 radical (unpaired) electrons. The molecule has 1 aromatic rings. The largest absolute Gasteiger partial charge is 0.462 e. The molecule has 18 heavy (non-hydrogen) atoms. The average molecular weight is 277 g/mol. The summed E-state index contributed by atoms with van der Waals surface area (Å²) < 4.78 is 36.3. The number of hydrogen-bond acceptors (Lipinski definition) is 5. The van der Waals surface area contributed by atoms with Gasteiger partial charge in [-0.05, 0) is 19.8 Å². The van der Waals surface area contributed by atoms with Gasteiger partial charge in [0.2, 0.25) is 10.0 Å². The first-order chi connectivity index (χ1) is 8.51. The van der Waals surface area contributed by atoms with Crippen LogP contribution in [0.5, 0.6) is 0 Å². The molecule has 0 aliphatic carbocycles. The molecule has 7 heteroatoms. The van der Waals surface area contributed by atoms with Gasteiger partial charge in [0.1, 0.15) is 23.0 Å². The van der Waals surface area contributed by atoms with Crippen molar-refractivity contribution in [3.8, 4) is 0 Å². The van der Waals surface area contributed by atoms with Crippen LogP contribution >= 0.6 is 0 Å². The Balaban J connectivity index is 2.60. The van der Waals surface area contributed by atoms with Gasteiger partial charge in [-0.3, -0.25) is 0 Å². The second kappa shape index (κ2) is 6.89. The minimum Gasteiger partial charge on any atom is -0.462 e. The molecule has 0 aliphatic rings. The van der Waals surface area contributed by atoms with E-state index in [2.05, 4.69) is 4.72 Å². The van der Waals surface area contributed by atoms with Crippen molar-refractivity contribution >= 4 is 10.0 Å². The van der Waals surface area contributed by atoms with Gasteiger partial charge in [0.15, 0.2) is 0 Å². The zero-order valence-corrected chi connectivity index (χ0v) is 11.4. The molecule has 0 fully saturated rings. The maximum absolute atomic E-state index is 11.9. The van der Waals surface area contributed by atoms with E-state index in [1.807, 2.05) is 0 Å². The Morgan fingerprint density at radius 1 is 1.44 bits per heavy atom. The maximum atomic E-state index is 11.9. The molecule has 1 heterocycles. The lowest BCUT2D eigenvalue weighted by molar-refractivity contribution is 0.193. The summed E-state index contributed by atoms with van der Waals surface area (Å²) in [7, 11) is -1.96. The Bertz CT molecular complexity index is 466. The molecule has 0 atom stereocenters. The highest BCUT2D eigenvalue weighted by Crippen LogP contribution is 2.19. The number of furan rings is 1. The lowest BCUT2D eigenvalue weighted by Crippen LogP contribution is -2.25. The molecule has 0 saturated carbocycles. The molecule has 1 aromatic heterocycles. The number of aryl methyl sites for hydroxylation is 1. The topological polar surface area (TPSA) is 88.8 Å². The number of rotatable bonds is 8. The monoisotopic (exact) mass is 277 g/mol. The molecule has 0 bridgehead atoms. The first-order valence-electron chi connectivity index (χ1n) is 5.70. The van der Waals surface area contributed by atoms with E-state index >= 15 is 0 Å². The molecule has 0 spiro atoms. The van der Waals surface area contributed by atoms with Crippen LogP contribution in [0.3, 0.4) is 0 Å². The number of ether oxygens (including phenoxy) is 1. The van der Waals surface area contributed by atoms with E-state index in [-0.39, 0.29) is 23.0 Å². The van der Waals surface area contributed by atoms with E-state index in [1.165, 1.54) is 6.07 Å². The van der Waals surface area contributed by atoms with Crippen molar-refractivity contribution in [2.24, 2.45) is 0 Å². The summed E-state index contributed by atoms with van der Waals surface area (Å²) in [5.41, 5.74) is 0. The quantitative estimate of drug-likeness (QED) is 0.686. The second-order valence-electron chi connectivity index (χ2n) is 3.89. The molecule has 0 aliphatic heterocycles. The normalized spacial score (nSPS) is 11.9. The number of unbranched alkanes of at least 4 members (excludes halogenated alkanes) is 1. The number of nitrogens with one attached hydrogen (secondary N) is 1. The lowest BCUT2D eigenvalue weighted by atomic mass is 10.3. The third kappa shape index (κ3) is 4.09. The number of sulfonamides is 1. The Hall–Kier alpha value is -0.890. The van der Waals surface area contributed by atoms with E-state index in [0.29, 0.717) is 19.6 Å². The first-order valence-corrected chi connectivity index (χ1v) is 7.18. The van der Waals surface area contributed by atoms with E-state index in [4.69, 9.17) is 14.3 Å². The Morgan fingerprint density at radius 3 is 2.72 bits per heavy atom. The number of hydrogen-bond donors (Lipinski definition) is 2. The first kappa shape index (κ1) is 15.2. The van der Waals surface area contributed by atoms with Gasteiger partial charge >= 0.3 is 0 Å². The molecule has 1 rings (SSSR count). The van der Waals surface area contributed by atoms with E-state index in [1.54, 1.807) is 14.0 Å². The number of aliphatic hydroxyl groups excluding tert-OH is 1. The van der Waals surface area contributed by atoms with Crippen molar-refractivity contribution in [1.29, 1.82) is 0 Å². The van der Waals surface area contributed by atoms with Crippen molar-refractivity contribution in [2.45, 2.75) is 31.3 Å². The molecule has 0 saturated heterocycles. The fourth-order valence-electron chi connectivity index (χ4n) is 1.52. The molecule has 0 amide bonds. The SMILES string of the molecule is COCCCCNS(=O)(=O)c1cc(CO)oc1C. The highest BCUT2D eigenvalue weighted by molar-refractivity contribution is 7.89. The zero-order valence-electron chi connectivity index (χ0n) is 10.6. The van der Waals surface area contributed by atoms with Gasteiger partial charge in [-0.15, -0.1) is 0 Å². The van der Waals surface area contributed by atoms with Crippen molar-refractivity contribution < 1.29 is 22.7 Å². The molecule has 2 N–H and O–H groups in total. The van der Waals surface area contributed by atoms with Crippen LogP contribution in [0.2, 0.25) is 0 Å². The molecule has 104 valence electrons. The smallest absolute Gasteiger partial charge is 0.244 e. The van der Waals surface area contributed by atoms with Crippen LogP contribution in [0, 0.1) is 6.92 Å². The fraction of sp³-hybridized carbons (Fsp3) is 0.636. The standard InChI is InChI=1S/C11H19NO5S/c1-9-11(7-10(8-13)17-9)18(14,15)12-5-3-4-6-16-2/h7,12-13H,3-6,8H2,1-2H3. The van der Waals surface area contributed by atoms with Crippen LogP contribution in [-0.4, -0.2) is 33.8 Å². The predicted molar refractivity (Wildman–Crippen MR) is 65.7 cm³/mol. The summed E-state index contributed by atoms with van der Waals surface area (Å²) in [5.74, 6) is 0.524. The van der Waals surface area contributed by atoms with E-state index in [9.17, 15) is 8.42 Å². The van der Waals surface area contributed by atoms with Crippen molar-refractivity contribution in [2.75, 3.05) is 20.3 Å². The van der Waals surface area contributed by atoms with Gasteiger partial charge in [-0.2, -0.15) is 0 Å². The van der Waals surface area contributed by atoms with Crippen LogP contribution in [0.15, 0.2) is 15.4 Å². The lowest BCUT2D eigenvalue weighted by Gasteiger charge is -2.05. The van der Waals surface area contributed by atoms with Crippen molar-refractivity contribution in [3.05, 3.63) is 17.6 Å². The summed E-state index contributed by atoms with van der Waals surface area (Å²) in [6, 6.07) is 1.34. The maximum Gasteiger partial charge on any atom is 0.244 e. The van der Waals surface area contributed by atoms with Gasteiger partial charge in [0.05, 0.1) is 0 Å². The molecular weight excluding hydrogens is 258 g/mol. The summed E-state index contributed by atoms with van der Waals surface area (Å²) in [6.45, 7) is 2.20. The van der Waals surface area contributed by atoms with Gasteiger partial charge < -0.3 is 14.3 Å². The summed E-state index contributed by atoms with van der Waals surface area (Å²) in [6.07, 6.45) is 1.50. The van der Waals surface area contributed by atoms with Crippen LogP contribution in [0.25, 0.3) is 0 Å². The van der Waals surface area contributed by atoms with Gasteiger partial charge in [0, 0.05) is 26.3 Å². The highest BCUT2D eigenvalue weighted by Gasteiger charge is 2.20. The van der Waals surface area contributed by atoms with Crippen LogP contribution in [0.1, 0.15) is 24.4 Å². The van der Waals surface area contributed by atoms with Crippen molar-refractivity contribution in [3.63, 3.8) is 0 Å². The van der Waals surface area contributed by atoms with Gasteiger partial charge in [-0.25, -0.2) is 13.1 Å². The zero-order chi connectivity index (χ0) is 13.6. The predicted octanol–water partition coefficient (Wildman–Crippen LogP) is 0.785. The number of methoxy groups -OCH3 is 1. The Labute approximate surface area is 107 Å². The fourth-order valence-corrected chi connectivity index (χ4v) is 2.80. The summed E-state index contributed by atoms with van der Waals surface area (Å²) >= 11 is 0. The van der Waals surface area contributed by atoms with E-state index < -0.39 is 10.0 Å². The second-order valence-corrected chi connectivity index (χ2v) is 5.62. The third-order valence-corrected chi connectivity index (χ3v) is 4.00. The Morgan fingerprint density at radius 2 is 2.17 bits per heavy atom. The van der Waals surface area contributed by atoms with Crippen LogP contribution < -0.4 is 4.72 Å². The summed E-state index contributed by atoms with van der Waals surface area (Å²) in [5, 5.41) is 8.89. The third-order valence-electron chi connectivity index (χ3n) is 2.44. The minimum absolute atomic E-state index is 0.0818. The van der Waals surface area contributed by atoms with Crippen LogP contribution in [0.4, 0.5) is 0 Å². The highest BCUT2D eigenvalue weighted by atomic mass is 32.2. The number of aliphatic hydroxyl groups is 1. The molecular formula is C11H19NO5S. The van der Waals surface area contributed by atoms with Crippen molar-refractivity contribution in [1.82, 2.24) is 4.72 Å². The van der Waals surface area contributed by atoms with E-state index in [0.717, 1.165) is 6.42 Å². The molecule has 6 nitrogen and oxygen atoms in total. The van der Waals surface area contributed by atoms with Gasteiger partial charge in [-0.1, -0.05) is 0 Å². The minimum atomic E-state index is -3.56. The Kier molecular flexibility index (Phi) is 5.80. The molecule has 0 unspecified atom stereocenters. The van der Waals surface area contributed by atoms with Crippen LogP contribution in [-0.2, 0) is 21.4 Å².